The smallest absolute Gasteiger partial charge is 0.191 e. The number of aryl methyl sites for hydroxylation is 2. The minimum absolute atomic E-state index is 0.664. The van der Waals surface area contributed by atoms with E-state index in [1.54, 1.807) is 24.6 Å². The summed E-state index contributed by atoms with van der Waals surface area (Å²) in [5.41, 5.74) is 2.22. The molecule has 0 fully saturated rings. The van der Waals surface area contributed by atoms with Gasteiger partial charge in [-0.1, -0.05) is 6.07 Å². The van der Waals surface area contributed by atoms with Gasteiger partial charge in [0, 0.05) is 44.3 Å². The zero-order chi connectivity index (χ0) is 16.8. The quantitative estimate of drug-likeness (QED) is 0.648. The number of aliphatic imine (C=N–C) groups is 1. The molecule has 2 N–H and O–H groups in total. The number of nitrogens with zero attached hydrogens (tertiary/aromatic N) is 4. The predicted octanol–water partition coefficient (Wildman–Crippen LogP) is 2.09. The minimum atomic E-state index is 0.664. The highest BCUT2D eigenvalue weighted by molar-refractivity contribution is 7.11. The molecule has 0 spiro atoms. The highest BCUT2D eigenvalue weighted by Crippen LogP contribution is 2.16. The van der Waals surface area contributed by atoms with Gasteiger partial charge in [-0.15, -0.1) is 11.3 Å². The molecule has 0 bridgehead atoms. The maximum absolute atomic E-state index is 4.53. The van der Waals surface area contributed by atoms with Crippen molar-refractivity contribution in [2.75, 3.05) is 26.0 Å². The normalized spacial score (nSPS) is 11.4. The van der Waals surface area contributed by atoms with E-state index in [1.165, 1.54) is 4.88 Å². The molecule has 0 amide bonds. The molecule has 23 heavy (non-hydrogen) atoms. The topological polar surface area (TPSA) is 65.4 Å². The van der Waals surface area contributed by atoms with E-state index in [0.29, 0.717) is 13.1 Å². The molecule has 0 aliphatic rings. The molecule has 0 saturated heterocycles. The van der Waals surface area contributed by atoms with Crippen LogP contribution in [-0.4, -0.2) is 37.1 Å². The van der Waals surface area contributed by atoms with Crippen molar-refractivity contribution in [3.63, 3.8) is 0 Å². The van der Waals surface area contributed by atoms with Crippen LogP contribution < -0.4 is 15.5 Å². The molecule has 0 aliphatic carbocycles. The van der Waals surface area contributed by atoms with Crippen LogP contribution in [0.5, 0.6) is 0 Å². The van der Waals surface area contributed by atoms with E-state index in [9.17, 15) is 0 Å². The van der Waals surface area contributed by atoms with Crippen molar-refractivity contribution >= 4 is 23.1 Å². The summed E-state index contributed by atoms with van der Waals surface area (Å²) in [7, 11) is 5.75. The molecule has 2 rings (SSSR count). The molecule has 0 saturated carbocycles. The zero-order valence-electron chi connectivity index (χ0n) is 14.3. The summed E-state index contributed by atoms with van der Waals surface area (Å²) in [4.78, 5) is 16.5. The average molecular weight is 332 g/mol. The number of hydrogen-bond donors (Lipinski definition) is 2. The van der Waals surface area contributed by atoms with Crippen molar-refractivity contribution < 1.29 is 0 Å². The van der Waals surface area contributed by atoms with Crippen molar-refractivity contribution in [3.8, 4) is 0 Å². The highest BCUT2D eigenvalue weighted by Gasteiger charge is 2.07. The molecule has 2 aromatic heterocycles. The van der Waals surface area contributed by atoms with Crippen molar-refractivity contribution in [1.29, 1.82) is 0 Å². The van der Waals surface area contributed by atoms with E-state index in [1.807, 2.05) is 32.0 Å². The molecule has 124 valence electrons. The first-order valence-electron chi connectivity index (χ1n) is 7.50. The molecular weight excluding hydrogens is 308 g/mol. The first-order valence-corrected chi connectivity index (χ1v) is 8.31. The Hall–Kier alpha value is -2.15. The van der Waals surface area contributed by atoms with E-state index < -0.39 is 0 Å². The Morgan fingerprint density at radius 1 is 1.26 bits per heavy atom. The molecule has 0 aromatic carbocycles. The molecule has 0 unspecified atom stereocenters. The largest absolute Gasteiger partial charge is 0.362 e. The fraction of sp³-hybridized carbons (Fsp3) is 0.438. The van der Waals surface area contributed by atoms with Crippen LogP contribution in [0.4, 0.5) is 5.82 Å². The van der Waals surface area contributed by atoms with Gasteiger partial charge in [0.1, 0.15) is 10.8 Å². The number of nitrogens with one attached hydrogen (secondary N) is 2. The second kappa shape index (κ2) is 7.92. The number of anilines is 1. The van der Waals surface area contributed by atoms with E-state index in [4.69, 9.17) is 0 Å². The summed E-state index contributed by atoms with van der Waals surface area (Å²) >= 11 is 1.71. The van der Waals surface area contributed by atoms with E-state index in [0.717, 1.165) is 28.0 Å². The molecule has 6 nitrogen and oxygen atoms in total. The molecule has 2 aromatic rings. The standard InChI is InChI=1S/C16H24N6S/c1-11-12(2)23-14(21-11)10-20-16(17-3)19-9-13-7-6-8-18-15(13)22(4)5/h6-8H,9-10H2,1-5H3,(H2,17,19,20). The Kier molecular flexibility index (Phi) is 5.92. The molecule has 2 heterocycles. The molecule has 7 heteroatoms. The first kappa shape index (κ1) is 17.2. The summed E-state index contributed by atoms with van der Waals surface area (Å²) in [6.45, 7) is 5.46. The van der Waals surface area contributed by atoms with Crippen molar-refractivity contribution in [3.05, 3.63) is 39.5 Å². The van der Waals surface area contributed by atoms with Gasteiger partial charge in [0.05, 0.1) is 12.2 Å². The van der Waals surface area contributed by atoms with E-state index >= 15 is 0 Å². The van der Waals surface area contributed by atoms with Gasteiger partial charge in [-0.2, -0.15) is 0 Å². The van der Waals surface area contributed by atoms with Gasteiger partial charge in [0.25, 0.3) is 0 Å². The minimum Gasteiger partial charge on any atom is -0.362 e. The summed E-state index contributed by atoms with van der Waals surface area (Å²) in [5, 5.41) is 7.69. The van der Waals surface area contributed by atoms with Crippen molar-refractivity contribution in [2.45, 2.75) is 26.9 Å². The van der Waals surface area contributed by atoms with Crippen LogP contribution in [0.15, 0.2) is 23.3 Å². The second-order valence-corrected chi connectivity index (χ2v) is 6.70. The number of rotatable bonds is 5. The summed E-state index contributed by atoms with van der Waals surface area (Å²) < 4.78 is 0. The maximum atomic E-state index is 4.53. The molecular formula is C16H24N6S. The van der Waals surface area contributed by atoms with Crippen LogP contribution in [0, 0.1) is 13.8 Å². The fourth-order valence-electron chi connectivity index (χ4n) is 2.14. The van der Waals surface area contributed by atoms with Gasteiger partial charge in [-0.3, -0.25) is 4.99 Å². The Bertz CT molecular complexity index is 657. The Morgan fingerprint density at radius 2 is 2.00 bits per heavy atom. The lowest BCUT2D eigenvalue weighted by molar-refractivity contribution is 0.799. The molecule has 0 atom stereocenters. The molecule has 0 radical (unpaired) electrons. The predicted molar refractivity (Wildman–Crippen MR) is 97.2 cm³/mol. The third kappa shape index (κ3) is 4.66. The monoisotopic (exact) mass is 332 g/mol. The van der Waals surface area contributed by atoms with E-state index in [-0.39, 0.29) is 0 Å². The fourth-order valence-corrected chi connectivity index (χ4v) is 3.02. The van der Waals surface area contributed by atoms with Crippen LogP contribution in [0.2, 0.25) is 0 Å². The number of pyridine rings is 1. The van der Waals surface area contributed by atoms with Gasteiger partial charge in [-0.25, -0.2) is 9.97 Å². The second-order valence-electron chi connectivity index (χ2n) is 5.41. The average Bonchev–Trinajstić information content (AvgIpc) is 2.86. The lowest BCUT2D eigenvalue weighted by Crippen LogP contribution is -2.36. The third-order valence-corrected chi connectivity index (χ3v) is 4.51. The Balaban J connectivity index is 1.93. The van der Waals surface area contributed by atoms with Crippen LogP contribution >= 0.6 is 11.3 Å². The van der Waals surface area contributed by atoms with Crippen molar-refractivity contribution in [2.24, 2.45) is 4.99 Å². The zero-order valence-corrected chi connectivity index (χ0v) is 15.2. The van der Waals surface area contributed by atoms with Crippen LogP contribution in [0.25, 0.3) is 0 Å². The number of aromatic nitrogens is 2. The molecule has 0 aliphatic heterocycles. The lowest BCUT2D eigenvalue weighted by Gasteiger charge is -2.17. The van der Waals surface area contributed by atoms with Gasteiger partial charge in [-0.05, 0) is 19.9 Å². The van der Waals surface area contributed by atoms with Crippen LogP contribution in [0.1, 0.15) is 21.1 Å². The van der Waals surface area contributed by atoms with Gasteiger partial charge >= 0.3 is 0 Å². The SMILES string of the molecule is CN=C(NCc1nc(C)c(C)s1)NCc1cccnc1N(C)C. The summed E-state index contributed by atoms with van der Waals surface area (Å²) in [6.07, 6.45) is 1.80. The van der Waals surface area contributed by atoms with E-state index in [2.05, 4.69) is 38.6 Å². The number of guanidine groups is 1. The maximum Gasteiger partial charge on any atom is 0.191 e. The van der Waals surface area contributed by atoms with Gasteiger partial charge in [0.15, 0.2) is 5.96 Å². The first-order chi connectivity index (χ1) is 11.0. The van der Waals surface area contributed by atoms with Gasteiger partial charge < -0.3 is 15.5 Å². The number of thiazole rings is 1. The van der Waals surface area contributed by atoms with Crippen LogP contribution in [-0.2, 0) is 13.1 Å². The van der Waals surface area contributed by atoms with Crippen LogP contribution in [0.3, 0.4) is 0 Å². The summed E-state index contributed by atoms with van der Waals surface area (Å²) in [6, 6.07) is 4.01. The highest BCUT2D eigenvalue weighted by atomic mass is 32.1. The van der Waals surface area contributed by atoms with Gasteiger partial charge in [0.2, 0.25) is 0 Å². The third-order valence-electron chi connectivity index (χ3n) is 3.44. The number of hydrogen-bond acceptors (Lipinski definition) is 5. The summed E-state index contributed by atoms with van der Waals surface area (Å²) in [5.74, 6) is 1.71. The lowest BCUT2D eigenvalue weighted by atomic mass is 10.2. The van der Waals surface area contributed by atoms with Crippen molar-refractivity contribution in [1.82, 2.24) is 20.6 Å². The Labute approximate surface area is 141 Å². The Morgan fingerprint density at radius 3 is 2.61 bits per heavy atom.